The van der Waals surface area contributed by atoms with Gasteiger partial charge in [0.25, 0.3) is 0 Å². The average molecular weight is 381 g/mol. The molecule has 0 radical (unpaired) electrons. The second-order valence-electron chi connectivity index (χ2n) is 5.53. The number of nitrogens with one attached hydrogen (secondary N) is 2. The summed E-state index contributed by atoms with van der Waals surface area (Å²) in [6.45, 7) is -0.0994. The minimum absolute atomic E-state index is 0.185. The molecule has 0 atom stereocenters. The van der Waals surface area contributed by atoms with Crippen molar-refractivity contribution in [1.82, 2.24) is 10.6 Å². The van der Waals surface area contributed by atoms with E-state index in [1.54, 1.807) is 25.2 Å². The fourth-order valence-electron chi connectivity index (χ4n) is 2.20. The molecule has 2 aromatic rings. The van der Waals surface area contributed by atoms with E-state index >= 15 is 0 Å². The van der Waals surface area contributed by atoms with Gasteiger partial charge < -0.3 is 20.1 Å². The largest absolute Gasteiger partial charge is 0.492 e. The van der Waals surface area contributed by atoms with Gasteiger partial charge in [0.1, 0.15) is 18.1 Å². The zero-order valence-corrected chi connectivity index (χ0v) is 14.9. The van der Waals surface area contributed by atoms with Crippen molar-refractivity contribution in [2.75, 3.05) is 26.8 Å². The summed E-state index contributed by atoms with van der Waals surface area (Å²) in [6, 6.07) is 16.0. The smallest absolute Gasteiger partial charge is 0.422 e. The van der Waals surface area contributed by atoms with E-state index in [9.17, 15) is 13.2 Å². The average Bonchev–Trinajstić information content (AvgIpc) is 2.66. The SMILES string of the molecule is CN=C(NCCOc1ccccc1)NCc1ccccc1OCC(F)(F)F. The van der Waals surface area contributed by atoms with Gasteiger partial charge in [-0.1, -0.05) is 36.4 Å². The second kappa shape index (κ2) is 10.3. The first-order valence-electron chi connectivity index (χ1n) is 8.38. The van der Waals surface area contributed by atoms with E-state index in [2.05, 4.69) is 15.6 Å². The summed E-state index contributed by atoms with van der Waals surface area (Å²) in [5.74, 6) is 1.47. The van der Waals surface area contributed by atoms with E-state index in [0.717, 1.165) is 5.75 Å². The molecule has 0 spiro atoms. The lowest BCUT2D eigenvalue weighted by atomic mass is 10.2. The molecule has 0 fully saturated rings. The Balaban J connectivity index is 1.78. The summed E-state index contributed by atoms with van der Waals surface area (Å²) in [5, 5.41) is 6.12. The number of ether oxygens (including phenoxy) is 2. The predicted octanol–water partition coefficient (Wildman–Crippen LogP) is 3.37. The molecule has 0 aliphatic rings. The first-order valence-corrected chi connectivity index (χ1v) is 8.38. The number of alkyl halides is 3. The molecule has 0 aromatic heterocycles. The third kappa shape index (κ3) is 7.89. The third-order valence-electron chi connectivity index (χ3n) is 3.44. The molecule has 0 aliphatic heterocycles. The third-order valence-corrected chi connectivity index (χ3v) is 3.44. The molecule has 0 unspecified atom stereocenters. The number of nitrogens with zero attached hydrogens (tertiary/aromatic N) is 1. The van der Waals surface area contributed by atoms with Crippen molar-refractivity contribution in [3.63, 3.8) is 0 Å². The monoisotopic (exact) mass is 381 g/mol. The Kier molecular flexibility index (Phi) is 7.79. The molecule has 0 bridgehead atoms. The Bertz CT molecular complexity index is 722. The number of benzene rings is 2. The zero-order valence-electron chi connectivity index (χ0n) is 14.9. The van der Waals surface area contributed by atoms with E-state index in [1.165, 1.54) is 6.07 Å². The maximum Gasteiger partial charge on any atom is 0.422 e. The quantitative estimate of drug-likeness (QED) is 0.418. The number of para-hydroxylation sites is 2. The molecule has 5 nitrogen and oxygen atoms in total. The van der Waals surface area contributed by atoms with Crippen LogP contribution in [0.4, 0.5) is 13.2 Å². The Morgan fingerprint density at radius 2 is 1.67 bits per heavy atom. The highest BCUT2D eigenvalue weighted by Gasteiger charge is 2.28. The van der Waals surface area contributed by atoms with Crippen LogP contribution in [0.25, 0.3) is 0 Å². The molecule has 0 heterocycles. The van der Waals surface area contributed by atoms with E-state index in [4.69, 9.17) is 9.47 Å². The number of halogens is 3. The zero-order chi connectivity index (χ0) is 19.5. The van der Waals surface area contributed by atoms with Gasteiger partial charge in [-0.05, 0) is 18.2 Å². The van der Waals surface area contributed by atoms with Crippen molar-refractivity contribution in [1.29, 1.82) is 0 Å². The van der Waals surface area contributed by atoms with Crippen LogP contribution < -0.4 is 20.1 Å². The molecule has 2 N–H and O–H groups in total. The van der Waals surface area contributed by atoms with Gasteiger partial charge in [0.15, 0.2) is 12.6 Å². The van der Waals surface area contributed by atoms with Gasteiger partial charge in [-0.3, -0.25) is 4.99 Å². The summed E-state index contributed by atoms with van der Waals surface area (Å²) in [6.07, 6.45) is -4.38. The van der Waals surface area contributed by atoms with Gasteiger partial charge in [0, 0.05) is 19.2 Å². The number of hydrogen-bond acceptors (Lipinski definition) is 3. The first-order chi connectivity index (χ1) is 13.0. The summed E-state index contributed by atoms with van der Waals surface area (Å²) < 4.78 is 47.5. The van der Waals surface area contributed by atoms with Crippen molar-refractivity contribution in [3.8, 4) is 11.5 Å². The number of rotatable bonds is 8. The molecule has 2 rings (SSSR count). The van der Waals surface area contributed by atoms with E-state index in [0.29, 0.717) is 24.7 Å². The van der Waals surface area contributed by atoms with E-state index in [1.807, 2.05) is 30.3 Å². The molecule has 0 amide bonds. The van der Waals surface area contributed by atoms with Crippen LogP contribution in [0.2, 0.25) is 0 Å². The number of hydrogen-bond donors (Lipinski definition) is 2. The lowest BCUT2D eigenvalue weighted by Gasteiger charge is -2.15. The highest BCUT2D eigenvalue weighted by atomic mass is 19.4. The lowest BCUT2D eigenvalue weighted by molar-refractivity contribution is -0.153. The van der Waals surface area contributed by atoms with Crippen LogP contribution in [-0.4, -0.2) is 38.9 Å². The number of aliphatic imine (C=N–C) groups is 1. The van der Waals surface area contributed by atoms with Crippen LogP contribution in [0.3, 0.4) is 0 Å². The topological polar surface area (TPSA) is 54.9 Å². The summed E-state index contributed by atoms with van der Waals surface area (Å²) >= 11 is 0. The molecular weight excluding hydrogens is 359 g/mol. The van der Waals surface area contributed by atoms with Crippen molar-refractivity contribution in [3.05, 3.63) is 60.2 Å². The van der Waals surface area contributed by atoms with Crippen LogP contribution in [0.5, 0.6) is 11.5 Å². The highest BCUT2D eigenvalue weighted by molar-refractivity contribution is 5.79. The maximum atomic E-state index is 12.4. The summed E-state index contributed by atoms with van der Waals surface area (Å²) in [5.41, 5.74) is 0.602. The van der Waals surface area contributed by atoms with E-state index in [-0.39, 0.29) is 12.3 Å². The van der Waals surface area contributed by atoms with Gasteiger partial charge in [0.2, 0.25) is 0 Å². The lowest BCUT2D eigenvalue weighted by Crippen LogP contribution is -2.39. The molecule has 27 heavy (non-hydrogen) atoms. The Labute approximate surface area is 156 Å². The maximum absolute atomic E-state index is 12.4. The molecule has 2 aromatic carbocycles. The molecular formula is C19H22F3N3O2. The van der Waals surface area contributed by atoms with Crippen LogP contribution in [0, 0.1) is 0 Å². The first kappa shape index (κ1) is 20.4. The van der Waals surface area contributed by atoms with Crippen molar-refractivity contribution in [2.24, 2.45) is 4.99 Å². The van der Waals surface area contributed by atoms with Crippen molar-refractivity contribution >= 4 is 5.96 Å². The van der Waals surface area contributed by atoms with Crippen molar-refractivity contribution in [2.45, 2.75) is 12.7 Å². The Morgan fingerprint density at radius 3 is 2.37 bits per heavy atom. The normalized spacial score (nSPS) is 11.8. The number of guanidine groups is 1. The Hall–Kier alpha value is -2.90. The van der Waals surface area contributed by atoms with E-state index < -0.39 is 12.8 Å². The minimum atomic E-state index is -4.38. The fourth-order valence-corrected chi connectivity index (χ4v) is 2.20. The van der Waals surface area contributed by atoms with Crippen LogP contribution >= 0.6 is 0 Å². The standard InChI is InChI=1S/C19H22F3N3O2/c1-23-18(24-11-12-26-16-8-3-2-4-9-16)25-13-15-7-5-6-10-17(15)27-14-19(20,21)22/h2-10H,11-14H2,1H3,(H2,23,24,25). The fraction of sp³-hybridized carbons (Fsp3) is 0.316. The second-order valence-corrected chi connectivity index (χ2v) is 5.53. The molecule has 146 valence electrons. The summed E-state index contributed by atoms with van der Waals surface area (Å²) in [7, 11) is 1.61. The molecule has 0 aliphatic carbocycles. The molecule has 0 saturated carbocycles. The van der Waals surface area contributed by atoms with Crippen LogP contribution in [-0.2, 0) is 6.54 Å². The van der Waals surface area contributed by atoms with Gasteiger partial charge in [-0.25, -0.2) is 0 Å². The van der Waals surface area contributed by atoms with Crippen molar-refractivity contribution < 1.29 is 22.6 Å². The highest BCUT2D eigenvalue weighted by Crippen LogP contribution is 2.22. The Morgan fingerprint density at radius 1 is 0.963 bits per heavy atom. The van der Waals surface area contributed by atoms with Gasteiger partial charge in [0.05, 0.1) is 6.54 Å². The van der Waals surface area contributed by atoms with Gasteiger partial charge in [-0.15, -0.1) is 0 Å². The van der Waals surface area contributed by atoms with Crippen LogP contribution in [0.15, 0.2) is 59.6 Å². The van der Waals surface area contributed by atoms with Gasteiger partial charge >= 0.3 is 6.18 Å². The minimum Gasteiger partial charge on any atom is -0.492 e. The molecule has 8 heteroatoms. The molecule has 0 saturated heterocycles. The predicted molar refractivity (Wildman–Crippen MR) is 98.1 cm³/mol. The van der Waals surface area contributed by atoms with Gasteiger partial charge in [-0.2, -0.15) is 13.2 Å². The van der Waals surface area contributed by atoms with Crippen LogP contribution in [0.1, 0.15) is 5.56 Å². The summed E-state index contributed by atoms with van der Waals surface area (Å²) in [4.78, 5) is 4.08.